The predicted octanol–water partition coefficient (Wildman–Crippen LogP) is 11.4. The van der Waals surface area contributed by atoms with Crippen molar-refractivity contribution >= 4 is 58.1 Å². The van der Waals surface area contributed by atoms with Gasteiger partial charge in [-0.3, -0.25) is 9.97 Å². The molecule has 0 radical (unpaired) electrons. The SMILES string of the molecule is CCCCCCCn1nnc(-c2ccc3ccc4cccnc4c3n2)n1.CCCCCCCn1nnc(-c2ccc3ccc4cccnc4c3n2)n1.F[B-](F)(F)F.F[B-](F)(F)F.[Fe+2]. The van der Waals surface area contributed by atoms with Crippen LogP contribution < -0.4 is 0 Å². The Morgan fingerprint density at radius 1 is 0.444 bits per heavy atom. The van der Waals surface area contributed by atoms with Gasteiger partial charge in [-0.2, -0.15) is 9.59 Å². The summed E-state index contributed by atoms with van der Waals surface area (Å²) < 4.78 is 78.0. The first-order chi connectivity index (χ1) is 29.7. The number of rotatable bonds is 14. The maximum atomic E-state index is 9.75. The molecule has 0 saturated heterocycles. The molecule has 0 spiro atoms. The average Bonchev–Trinajstić information content (AvgIpc) is 3.93. The van der Waals surface area contributed by atoms with Crippen molar-refractivity contribution in [2.45, 2.75) is 91.1 Å². The maximum absolute atomic E-state index is 9.75. The van der Waals surface area contributed by atoms with Crippen LogP contribution in [0.2, 0.25) is 0 Å². The fraction of sp³-hybridized carbons (Fsp3) is 0.350. The molecule has 8 aromatic rings. The van der Waals surface area contributed by atoms with Crippen molar-refractivity contribution in [3.05, 3.63) is 85.2 Å². The third-order valence-electron chi connectivity index (χ3n) is 9.15. The smallest absolute Gasteiger partial charge is 0.418 e. The van der Waals surface area contributed by atoms with E-state index in [1.165, 1.54) is 51.4 Å². The van der Waals surface area contributed by atoms with E-state index in [2.05, 4.69) is 78.9 Å². The standard InChI is InChI=1S/2C20H22N6.2BF4.Fe/c2*1-2-3-4-5-6-14-26-24-20(23-25-26)17-12-11-16-10-9-15-8-7-13-21-18(15)19(16)22-17;2*2-1(3,4)5;/h2*7-13H,2-6,14H2,1H3;;;/q;;2*-1;+2. The van der Waals surface area contributed by atoms with Crippen molar-refractivity contribution in [3.8, 4) is 23.0 Å². The molecule has 0 aliphatic rings. The van der Waals surface area contributed by atoms with Gasteiger partial charge in [0.1, 0.15) is 11.4 Å². The first kappa shape index (κ1) is 50.0. The van der Waals surface area contributed by atoms with Gasteiger partial charge in [-0.25, -0.2) is 9.97 Å². The number of hydrogen-bond donors (Lipinski definition) is 0. The van der Waals surface area contributed by atoms with Gasteiger partial charge in [0.15, 0.2) is 0 Å². The molecule has 6 aromatic heterocycles. The average molecular weight is 922 g/mol. The Hall–Kier alpha value is -5.69. The number of pyridine rings is 4. The molecule has 8 rings (SSSR count). The van der Waals surface area contributed by atoms with Gasteiger partial charge in [-0.15, -0.1) is 20.4 Å². The quantitative estimate of drug-likeness (QED) is 0.0448. The van der Waals surface area contributed by atoms with E-state index in [0.29, 0.717) is 11.6 Å². The normalized spacial score (nSPS) is 11.3. The third kappa shape index (κ3) is 16.5. The first-order valence-electron chi connectivity index (χ1n) is 20.3. The van der Waals surface area contributed by atoms with Crippen LogP contribution in [0.5, 0.6) is 0 Å². The number of unbranched alkanes of at least 4 members (excludes halogenated alkanes) is 8. The molecule has 334 valence electrons. The Labute approximate surface area is 368 Å². The Morgan fingerprint density at radius 3 is 1.14 bits per heavy atom. The van der Waals surface area contributed by atoms with Gasteiger partial charge >= 0.3 is 31.6 Å². The Kier molecular flexibility index (Phi) is 19.2. The fourth-order valence-corrected chi connectivity index (χ4v) is 6.29. The summed E-state index contributed by atoms with van der Waals surface area (Å²) in [5, 5.41) is 30.0. The number of halogens is 8. The number of nitrogens with zero attached hydrogens (tertiary/aromatic N) is 12. The summed E-state index contributed by atoms with van der Waals surface area (Å²) in [5.74, 6) is 1.13. The number of tetrazole rings is 2. The summed E-state index contributed by atoms with van der Waals surface area (Å²) in [6.45, 7) is 6.05. The summed E-state index contributed by atoms with van der Waals surface area (Å²) in [5.41, 5.74) is 5.00. The summed E-state index contributed by atoms with van der Waals surface area (Å²) in [7, 11) is -12.0. The molecule has 0 bridgehead atoms. The minimum Gasteiger partial charge on any atom is -0.418 e. The molecule has 0 atom stereocenters. The van der Waals surface area contributed by atoms with Crippen molar-refractivity contribution in [1.29, 1.82) is 0 Å². The van der Waals surface area contributed by atoms with E-state index in [1.807, 2.05) is 48.5 Å². The van der Waals surface area contributed by atoms with E-state index < -0.39 is 14.5 Å². The van der Waals surface area contributed by atoms with Crippen LogP contribution in [0.25, 0.3) is 66.6 Å². The summed E-state index contributed by atoms with van der Waals surface area (Å²) in [6.07, 6.45) is 15.8. The van der Waals surface area contributed by atoms with E-state index in [1.54, 1.807) is 22.0 Å². The maximum Gasteiger partial charge on any atom is 2.00 e. The molecule has 0 saturated carbocycles. The van der Waals surface area contributed by atoms with Crippen LogP contribution in [0.1, 0.15) is 78.1 Å². The Balaban J connectivity index is 0.000000225. The van der Waals surface area contributed by atoms with Gasteiger partial charge in [0.25, 0.3) is 0 Å². The van der Waals surface area contributed by atoms with Crippen molar-refractivity contribution in [1.82, 2.24) is 60.4 Å². The van der Waals surface area contributed by atoms with Gasteiger partial charge in [-0.1, -0.05) is 114 Å². The molecular formula is C40H44B2F8FeN12. The zero-order chi connectivity index (χ0) is 44.5. The van der Waals surface area contributed by atoms with Gasteiger partial charge < -0.3 is 34.5 Å². The monoisotopic (exact) mass is 922 g/mol. The molecule has 0 fully saturated rings. The molecule has 0 aliphatic heterocycles. The molecule has 12 nitrogen and oxygen atoms in total. The fourth-order valence-electron chi connectivity index (χ4n) is 6.29. The predicted molar refractivity (Wildman–Crippen MR) is 226 cm³/mol. The number of aryl methyl sites for hydroxylation is 2. The number of fused-ring (bicyclic) bond motifs is 6. The molecule has 0 amide bonds. The number of aromatic nitrogens is 12. The van der Waals surface area contributed by atoms with Gasteiger partial charge in [0.05, 0.1) is 35.2 Å². The molecule has 0 aliphatic carbocycles. The second-order valence-corrected chi connectivity index (χ2v) is 14.1. The van der Waals surface area contributed by atoms with Gasteiger partial charge in [0, 0.05) is 33.9 Å². The molecule has 6 heterocycles. The molecule has 23 heteroatoms. The molecule has 63 heavy (non-hydrogen) atoms. The van der Waals surface area contributed by atoms with Crippen LogP contribution in [0.3, 0.4) is 0 Å². The number of benzene rings is 2. The zero-order valence-electron chi connectivity index (χ0n) is 34.5. The number of hydrogen-bond acceptors (Lipinski definition) is 10. The van der Waals surface area contributed by atoms with Crippen molar-refractivity contribution < 1.29 is 51.6 Å². The first-order valence-corrected chi connectivity index (χ1v) is 20.3. The van der Waals surface area contributed by atoms with E-state index in [-0.39, 0.29) is 17.1 Å². The van der Waals surface area contributed by atoms with E-state index in [0.717, 1.165) is 80.9 Å². The topological polar surface area (TPSA) is 139 Å². The van der Waals surface area contributed by atoms with Crippen LogP contribution in [0.4, 0.5) is 34.5 Å². The second kappa shape index (κ2) is 24.2. The minimum atomic E-state index is -6.00. The van der Waals surface area contributed by atoms with Gasteiger partial charge in [-0.05, 0) is 47.5 Å². The second-order valence-electron chi connectivity index (χ2n) is 14.1. The van der Waals surface area contributed by atoms with Crippen LogP contribution in [-0.4, -0.2) is 74.9 Å². The summed E-state index contributed by atoms with van der Waals surface area (Å²) in [4.78, 5) is 21.9. The minimum absolute atomic E-state index is 0. The van der Waals surface area contributed by atoms with Crippen LogP contribution in [0.15, 0.2) is 85.2 Å². The molecule has 0 unspecified atom stereocenters. The largest absolute Gasteiger partial charge is 2.00 e. The Morgan fingerprint density at radius 2 is 0.778 bits per heavy atom. The van der Waals surface area contributed by atoms with E-state index in [9.17, 15) is 34.5 Å². The molecular weight excluding hydrogens is 878 g/mol. The molecule has 2 aromatic carbocycles. The molecule has 0 N–H and O–H groups in total. The van der Waals surface area contributed by atoms with Crippen LogP contribution in [0, 0.1) is 0 Å². The van der Waals surface area contributed by atoms with E-state index in [4.69, 9.17) is 9.97 Å². The van der Waals surface area contributed by atoms with Crippen LogP contribution >= 0.6 is 0 Å². The summed E-state index contributed by atoms with van der Waals surface area (Å²) in [6, 6.07) is 24.2. The van der Waals surface area contributed by atoms with Crippen molar-refractivity contribution in [3.63, 3.8) is 0 Å². The van der Waals surface area contributed by atoms with Crippen molar-refractivity contribution in [2.24, 2.45) is 0 Å². The van der Waals surface area contributed by atoms with Gasteiger partial charge in [0.2, 0.25) is 11.6 Å². The zero-order valence-corrected chi connectivity index (χ0v) is 35.6. The summed E-state index contributed by atoms with van der Waals surface area (Å²) >= 11 is 0. The van der Waals surface area contributed by atoms with Crippen molar-refractivity contribution in [2.75, 3.05) is 0 Å². The Bertz CT molecular complexity index is 2440. The van der Waals surface area contributed by atoms with Crippen LogP contribution in [-0.2, 0) is 30.2 Å². The van der Waals surface area contributed by atoms with E-state index >= 15 is 0 Å². The third-order valence-corrected chi connectivity index (χ3v) is 9.15.